The number of ether oxygens (including phenoxy) is 3. The van der Waals surface area contributed by atoms with Crippen LogP contribution in [0.25, 0.3) is 0 Å². The van der Waals surface area contributed by atoms with Crippen LogP contribution in [0, 0.1) is 0 Å². The zero-order valence-electron chi connectivity index (χ0n) is 15.8. The Bertz CT molecular complexity index is 356. The molecular weight excluding hydrogens is 320 g/mol. The Balaban J connectivity index is 1.49. The molecule has 2 aliphatic rings. The van der Waals surface area contributed by atoms with Crippen LogP contribution in [0.15, 0.2) is 4.99 Å². The third kappa shape index (κ3) is 9.39. The summed E-state index contributed by atoms with van der Waals surface area (Å²) < 4.78 is 16.4. The Labute approximate surface area is 152 Å². The Morgan fingerprint density at radius 2 is 2.00 bits per heavy atom. The second kappa shape index (κ2) is 13.3. The summed E-state index contributed by atoms with van der Waals surface area (Å²) in [5.74, 6) is 0.915. The fourth-order valence-electron chi connectivity index (χ4n) is 2.98. The van der Waals surface area contributed by atoms with E-state index in [-0.39, 0.29) is 0 Å². The third-order valence-corrected chi connectivity index (χ3v) is 4.46. The van der Waals surface area contributed by atoms with Crippen molar-refractivity contribution in [3.05, 3.63) is 0 Å². The smallest absolute Gasteiger partial charge is 0.191 e. The van der Waals surface area contributed by atoms with Crippen LogP contribution in [0.1, 0.15) is 32.6 Å². The fraction of sp³-hybridized carbons (Fsp3) is 0.944. The molecule has 146 valence electrons. The van der Waals surface area contributed by atoms with E-state index in [2.05, 4.69) is 27.4 Å². The van der Waals surface area contributed by atoms with Crippen molar-refractivity contribution in [1.82, 2.24) is 15.5 Å². The van der Waals surface area contributed by atoms with E-state index in [1.807, 2.05) is 0 Å². The molecule has 25 heavy (non-hydrogen) atoms. The van der Waals surface area contributed by atoms with Gasteiger partial charge in [-0.15, -0.1) is 0 Å². The van der Waals surface area contributed by atoms with Gasteiger partial charge in [-0.1, -0.05) is 0 Å². The van der Waals surface area contributed by atoms with Crippen LogP contribution in [-0.4, -0.2) is 89.3 Å². The van der Waals surface area contributed by atoms with Gasteiger partial charge >= 0.3 is 0 Å². The lowest BCUT2D eigenvalue weighted by Gasteiger charge is -2.26. The van der Waals surface area contributed by atoms with Crippen molar-refractivity contribution in [3.63, 3.8) is 0 Å². The average Bonchev–Trinajstić information content (AvgIpc) is 3.15. The van der Waals surface area contributed by atoms with Crippen LogP contribution >= 0.6 is 0 Å². The van der Waals surface area contributed by atoms with E-state index in [1.165, 1.54) is 13.0 Å². The molecule has 2 N–H and O–H groups in total. The number of guanidine groups is 1. The summed E-state index contributed by atoms with van der Waals surface area (Å²) in [5, 5.41) is 6.73. The minimum atomic E-state index is 0.293. The Kier molecular flexibility index (Phi) is 10.9. The lowest BCUT2D eigenvalue weighted by molar-refractivity contribution is 0.0372. The predicted molar refractivity (Wildman–Crippen MR) is 100 cm³/mol. The van der Waals surface area contributed by atoms with Gasteiger partial charge in [-0.25, -0.2) is 0 Å². The first-order valence-electron chi connectivity index (χ1n) is 9.90. The molecule has 2 saturated heterocycles. The standard InChI is InChI=1S/C18H36N4O3/c1-2-19-18(21-8-5-12-25-17-6-13-24-16-17)20-7-3-4-9-22-10-14-23-15-11-22/h17H,2-16H2,1H3,(H2,19,20,21). The van der Waals surface area contributed by atoms with Gasteiger partial charge in [0.2, 0.25) is 0 Å². The number of aliphatic imine (C=N–C) groups is 1. The Morgan fingerprint density at radius 1 is 1.12 bits per heavy atom. The van der Waals surface area contributed by atoms with Crippen LogP contribution in [0.2, 0.25) is 0 Å². The Morgan fingerprint density at radius 3 is 2.76 bits per heavy atom. The van der Waals surface area contributed by atoms with Gasteiger partial charge in [0.1, 0.15) is 0 Å². The molecule has 0 spiro atoms. The van der Waals surface area contributed by atoms with E-state index in [0.717, 1.165) is 91.0 Å². The monoisotopic (exact) mass is 356 g/mol. The van der Waals surface area contributed by atoms with E-state index in [9.17, 15) is 0 Å². The molecule has 2 aliphatic heterocycles. The lowest BCUT2D eigenvalue weighted by atomic mass is 10.3. The summed E-state index contributed by atoms with van der Waals surface area (Å²) in [7, 11) is 0. The van der Waals surface area contributed by atoms with Crippen LogP contribution in [0.4, 0.5) is 0 Å². The molecule has 7 nitrogen and oxygen atoms in total. The van der Waals surface area contributed by atoms with Gasteiger partial charge < -0.3 is 24.8 Å². The summed E-state index contributed by atoms with van der Waals surface area (Å²) >= 11 is 0. The van der Waals surface area contributed by atoms with Gasteiger partial charge in [0.05, 0.1) is 25.9 Å². The zero-order chi connectivity index (χ0) is 17.6. The molecule has 0 radical (unpaired) electrons. The van der Waals surface area contributed by atoms with Crippen molar-refractivity contribution >= 4 is 5.96 Å². The molecule has 0 saturated carbocycles. The van der Waals surface area contributed by atoms with Crippen molar-refractivity contribution in [2.24, 2.45) is 4.99 Å². The topological polar surface area (TPSA) is 67.4 Å². The van der Waals surface area contributed by atoms with Gasteiger partial charge in [0, 0.05) is 45.9 Å². The predicted octanol–water partition coefficient (Wildman–Crippen LogP) is 0.850. The van der Waals surface area contributed by atoms with E-state index in [4.69, 9.17) is 14.2 Å². The number of nitrogens with zero attached hydrogens (tertiary/aromatic N) is 2. The normalized spacial score (nSPS) is 22.3. The maximum atomic E-state index is 5.77. The minimum absolute atomic E-state index is 0.293. The molecular formula is C18H36N4O3. The maximum absolute atomic E-state index is 5.77. The molecule has 0 aliphatic carbocycles. The highest BCUT2D eigenvalue weighted by molar-refractivity contribution is 5.79. The van der Waals surface area contributed by atoms with E-state index >= 15 is 0 Å². The second-order valence-electron chi connectivity index (χ2n) is 6.56. The van der Waals surface area contributed by atoms with E-state index in [1.54, 1.807) is 0 Å². The summed E-state index contributed by atoms with van der Waals surface area (Å²) in [6, 6.07) is 0. The molecule has 0 bridgehead atoms. The van der Waals surface area contributed by atoms with Crippen LogP contribution in [0.5, 0.6) is 0 Å². The number of rotatable bonds is 11. The molecule has 0 aromatic rings. The molecule has 0 aromatic carbocycles. The SMILES string of the molecule is CCNC(=NCCCOC1CCOC1)NCCCCN1CCOCC1. The van der Waals surface area contributed by atoms with E-state index < -0.39 is 0 Å². The van der Waals surface area contributed by atoms with Crippen molar-refractivity contribution in [2.45, 2.75) is 38.7 Å². The average molecular weight is 357 g/mol. The molecule has 1 atom stereocenters. The molecule has 2 fully saturated rings. The zero-order valence-corrected chi connectivity index (χ0v) is 15.8. The van der Waals surface area contributed by atoms with Gasteiger partial charge in [-0.05, 0) is 39.2 Å². The third-order valence-electron chi connectivity index (χ3n) is 4.46. The molecule has 7 heteroatoms. The largest absolute Gasteiger partial charge is 0.379 e. The molecule has 0 aromatic heterocycles. The van der Waals surface area contributed by atoms with Crippen molar-refractivity contribution in [1.29, 1.82) is 0 Å². The first-order valence-corrected chi connectivity index (χ1v) is 9.90. The highest BCUT2D eigenvalue weighted by Crippen LogP contribution is 2.08. The molecule has 0 amide bonds. The van der Waals surface area contributed by atoms with Gasteiger partial charge in [0.15, 0.2) is 5.96 Å². The van der Waals surface area contributed by atoms with Crippen LogP contribution in [-0.2, 0) is 14.2 Å². The molecule has 2 heterocycles. The lowest BCUT2D eigenvalue weighted by Crippen LogP contribution is -2.39. The highest BCUT2D eigenvalue weighted by Gasteiger charge is 2.15. The summed E-state index contributed by atoms with van der Waals surface area (Å²) in [6.07, 6.45) is 4.64. The van der Waals surface area contributed by atoms with Crippen LogP contribution < -0.4 is 10.6 Å². The summed E-state index contributed by atoms with van der Waals surface area (Å²) in [6.45, 7) is 12.2. The molecule has 2 rings (SSSR count). The van der Waals surface area contributed by atoms with Crippen molar-refractivity contribution in [3.8, 4) is 0 Å². The number of hydrogen-bond acceptors (Lipinski definition) is 5. The van der Waals surface area contributed by atoms with Crippen LogP contribution in [0.3, 0.4) is 0 Å². The number of hydrogen-bond donors (Lipinski definition) is 2. The number of morpholine rings is 1. The highest BCUT2D eigenvalue weighted by atomic mass is 16.5. The second-order valence-corrected chi connectivity index (χ2v) is 6.56. The maximum Gasteiger partial charge on any atom is 0.191 e. The summed E-state index contributed by atoms with van der Waals surface area (Å²) in [4.78, 5) is 7.11. The van der Waals surface area contributed by atoms with Gasteiger partial charge in [-0.3, -0.25) is 9.89 Å². The number of nitrogens with one attached hydrogen (secondary N) is 2. The fourth-order valence-corrected chi connectivity index (χ4v) is 2.98. The van der Waals surface area contributed by atoms with Gasteiger partial charge in [-0.2, -0.15) is 0 Å². The first kappa shape index (κ1) is 20.4. The quantitative estimate of drug-likeness (QED) is 0.325. The van der Waals surface area contributed by atoms with Gasteiger partial charge in [0.25, 0.3) is 0 Å². The van der Waals surface area contributed by atoms with Crippen molar-refractivity contribution in [2.75, 3.05) is 72.3 Å². The molecule has 1 unspecified atom stereocenters. The Hall–Kier alpha value is -0.890. The first-order chi connectivity index (χ1) is 12.4. The van der Waals surface area contributed by atoms with E-state index in [0.29, 0.717) is 6.10 Å². The van der Waals surface area contributed by atoms with Crippen molar-refractivity contribution < 1.29 is 14.2 Å². The number of unbranched alkanes of at least 4 members (excludes halogenated alkanes) is 1. The summed E-state index contributed by atoms with van der Waals surface area (Å²) in [5.41, 5.74) is 0. The minimum Gasteiger partial charge on any atom is -0.379 e.